The van der Waals surface area contributed by atoms with Gasteiger partial charge in [-0.05, 0) is 55.8 Å². The molecule has 4 aromatic rings. The second kappa shape index (κ2) is 9.97. The maximum Gasteiger partial charge on any atom is 0.338 e. The first-order chi connectivity index (χ1) is 16.9. The average molecular weight is 478 g/mol. The maximum absolute atomic E-state index is 12.3. The van der Waals surface area contributed by atoms with Crippen LogP contribution >= 0.6 is 0 Å². The number of rotatable bonds is 8. The first-order valence-electron chi connectivity index (χ1n) is 11.0. The summed E-state index contributed by atoms with van der Waals surface area (Å²) in [7, 11) is 6.02. The molecule has 0 bridgehead atoms. The summed E-state index contributed by atoms with van der Waals surface area (Å²) in [6, 6.07) is 12.6. The number of carbonyl (C=O) groups is 1. The van der Waals surface area contributed by atoms with E-state index < -0.39 is 5.97 Å². The Morgan fingerprint density at radius 2 is 1.60 bits per heavy atom. The number of aromatic nitrogens is 1. The highest BCUT2D eigenvalue weighted by atomic mass is 16.5. The molecule has 8 nitrogen and oxygen atoms in total. The van der Waals surface area contributed by atoms with Crippen LogP contribution in [0.5, 0.6) is 23.0 Å². The van der Waals surface area contributed by atoms with E-state index in [9.17, 15) is 4.79 Å². The summed E-state index contributed by atoms with van der Waals surface area (Å²) >= 11 is 0. The Kier molecular flexibility index (Phi) is 6.82. The standard InChI is InChI=1S/C27H27NO7/c1-15(2)34-19-10-16(9-18(11-19)27(29)33-6)20-7-8-28-21-14-22(35-25(20)21)17-12-23(30-3)26(32-5)24(13-17)31-4/h7-15H,1-6H3. The molecular formula is C27H27NO7. The van der Waals surface area contributed by atoms with E-state index in [1.54, 1.807) is 39.7 Å². The van der Waals surface area contributed by atoms with Crippen LogP contribution in [0.15, 0.2) is 53.1 Å². The average Bonchev–Trinajstić information content (AvgIpc) is 3.31. The van der Waals surface area contributed by atoms with Crippen LogP contribution in [-0.4, -0.2) is 45.5 Å². The van der Waals surface area contributed by atoms with Gasteiger partial charge in [0.15, 0.2) is 17.1 Å². The number of ether oxygens (including phenoxy) is 5. The van der Waals surface area contributed by atoms with Gasteiger partial charge in [0.25, 0.3) is 0 Å². The SMILES string of the molecule is COC(=O)c1cc(OC(C)C)cc(-c2ccnc3cc(-c4cc(OC)c(OC)c(OC)c4)oc23)c1. The highest BCUT2D eigenvalue weighted by Crippen LogP contribution is 2.43. The van der Waals surface area contributed by atoms with Crippen molar-refractivity contribution in [2.75, 3.05) is 28.4 Å². The molecule has 0 unspecified atom stereocenters. The van der Waals surface area contributed by atoms with E-state index in [0.717, 1.165) is 16.7 Å². The summed E-state index contributed by atoms with van der Waals surface area (Å²) < 4.78 is 33.5. The van der Waals surface area contributed by atoms with Crippen molar-refractivity contribution in [3.63, 3.8) is 0 Å². The van der Waals surface area contributed by atoms with Gasteiger partial charge in [0.1, 0.15) is 17.0 Å². The largest absolute Gasteiger partial charge is 0.493 e. The van der Waals surface area contributed by atoms with Crippen LogP contribution in [0, 0.1) is 0 Å². The quantitative estimate of drug-likeness (QED) is 0.296. The van der Waals surface area contributed by atoms with Crippen LogP contribution in [0.1, 0.15) is 24.2 Å². The van der Waals surface area contributed by atoms with E-state index in [1.165, 1.54) is 7.11 Å². The highest BCUT2D eigenvalue weighted by Gasteiger charge is 2.19. The van der Waals surface area contributed by atoms with E-state index in [-0.39, 0.29) is 6.10 Å². The minimum absolute atomic E-state index is 0.0662. The normalized spacial score (nSPS) is 10.9. The minimum atomic E-state index is -0.455. The van der Waals surface area contributed by atoms with E-state index in [4.69, 9.17) is 28.1 Å². The molecule has 0 atom stereocenters. The molecule has 2 aromatic carbocycles. The number of fused-ring (bicyclic) bond motifs is 1. The number of benzene rings is 2. The van der Waals surface area contributed by atoms with Crippen molar-refractivity contribution in [1.82, 2.24) is 4.98 Å². The molecule has 0 N–H and O–H groups in total. The molecule has 0 fully saturated rings. The van der Waals surface area contributed by atoms with Crippen LogP contribution in [0.2, 0.25) is 0 Å². The van der Waals surface area contributed by atoms with Crippen molar-refractivity contribution < 1.29 is 32.9 Å². The first-order valence-corrected chi connectivity index (χ1v) is 11.0. The van der Waals surface area contributed by atoms with E-state index >= 15 is 0 Å². The number of nitrogens with zero attached hydrogens (tertiary/aromatic N) is 1. The second-order valence-corrected chi connectivity index (χ2v) is 8.00. The number of methoxy groups -OCH3 is 4. The number of hydrogen-bond acceptors (Lipinski definition) is 8. The third kappa shape index (κ3) is 4.73. The Labute approximate surface area is 203 Å². The fraction of sp³-hybridized carbons (Fsp3) is 0.259. The Balaban J connectivity index is 1.87. The zero-order chi connectivity index (χ0) is 25.1. The molecule has 8 heteroatoms. The molecule has 182 valence electrons. The zero-order valence-electron chi connectivity index (χ0n) is 20.5. The van der Waals surface area contributed by atoms with E-state index in [1.807, 2.05) is 44.2 Å². The molecule has 0 aliphatic rings. The summed E-state index contributed by atoms with van der Waals surface area (Å²) in [5.41, 5.74) is 3.82. The maximum atomic E-state index is 12.3. The monoisotopic (exact) mass is 477 g/mol. The number of esters is 1. The Bertz CT molecular complexity index is 1350. The second-order valence-electron chi connectivity index (χ2n) is 8.00. The van der Waals surface area contributed by atoms with Gasteiger partial charge in [-0.2, -0.15) is 0 Å². The zero-order valence-corrected chi connectivity index (χ0v) is 20.5. The van der Waals surface area contributed by atoms with Gasteiger partial charge < -0.3 is 28.1 Å². The predicted octanol–water partition coefficient (Wildman–Crippen LogP) is 5.76. The third-order valence-electron chi connectivity index (χ3n) is 5.37. The molecule has 4 rings (SSSR count). The fourth-order valence-corrected chi connectivity index (χ4v) is 3.86. The van der Waals surface area contributed by atoms with Crippen LogP contribution in [0.25, 0.3) is 33.6 Å². The van der Waals surface area contributed by atoms with Crippen LogP contribution in [0.4, 0.5) is 0 Å². The minimum Gasteiger partial charge on any atom is -0.493 e. The van der Waals surface area contributed by atoms with Gasteiger partial charge in [-0.15, -0.1) is 0 Å². The summed E-state index contributed by atoms with van der Waals surface area (Å²) in [4.78, 5) is 16.8. The van der Waals surface area contributed by atoms with Gasteiger partial charge >= 0.3 is 5.97 Å². The van der Waals surface area contributed by atoms with Crippen molar-refractivity contribution in [2.45, 2.75) is 20.0 Å². The molecule has 0 spiro atoms. The van der Waals surface area contributed by atoms with Crippen molar-refractivity contribution >= 4 is 17.1 Å². The number of carbonyl (C=O) groups excluding carboxylic acids is 1. The molecular weight excluding hydrogens is 450 g/mol. The van der Waals surface area contributed by atoms with Crippen LogP contribution in [0.3, 0.4) is 0 Å². The number of hydrogen-bond donors (Lipinski definition) is 0. The molecule has 0 saturated heterocycles. The number of furan rings is 1. The Morgan fingerprint density at radius 1 is 0.886 bits per heavy atom. The van der Waals surface area contributed by atoms with Crippen molar-refractivity contribution in [3.8, 4) is 45.4 Å². The topological polar surface area (TPSA) is 89.3 Å². The van der Waals surface area contributed by atoms with E-state index in [0.29, 0.717) is 45.4 Å². The number of pyridine rings is 1. The summed E-state index contributed by atoms with van der Waals surface area (Å²) in [5.74, 6) is 2.18. The summed E-state index contributed by atoms with van der Waals surface area (Å²) in [6.45, 7) is 3.84. The lowest BCUT2D eigenvalue weighted by molar-refractivity contribution is 0.0600. The van der Waals surface area contributed by atoms with Crippen molar-refractivity contribution in [3.05, 3.63) is 54.2 Å². The molecule has 0 amide bonds. The third-order valence-corrected chi connectivity index (χ3v) is 5.37. The van der Waals surface area contributed by atoms with Gasteiger partial charge in [-0.3, -0.25) is 4.98 Å². The van der Waals surface area contributed by atoms with Gasteiger partial charge in [-0.1, -0.05) is 0 Å². The molecule has 0 radical (unpaired) electrons. The summed E-state index contributed by atoms with van der Waals surface area (Å²) in [6.07, 6.45) is 1.63. The lowest BCUT2D eigenvalue weighted by Crippen LogP contribution is -2.08. The first kappa shape index (κ1) is 23.9. The van der Waals surface area contributed by atoms with Gasteiger partial charge in [-0.25, -0.2) is 4.79 Å². The molecule has 35 heavy (non-hydrogen) atoms. The Hall–Kier alpha value is -4.20. The highest BCUT2D eigenvalue weighted by molar-refractivity contribution is 5.96. The van der Waals surface area contributed by atoms with Crippen molar-refractivity contribution in [1.29, 1.82) is 0 Å². The van der Waals surface area contributed by atoms with Crippen molar-refractivity contribution in [2.24, 2.45) is 0 Å². The van der Waals surface area contributed by atoms with E-state index in [2.05, 4.69) is 4.98 Å². The molecule has 2 heterocycles. The van der Waals surface area contributed by atoms with Crippen LogP contribution < -0.4 is 18.9 Å². The summed E-state index contributed by atoms with van der Waals surface area (Å²) in [5, 5.41) is 0. The molecule has 0 aliphatic heterocycles. The predicted molar refractivity (Wildman–Crippen MR) is 132 cm³/mol. The smallest absolute Gasteiger partial charge is 0.338 e. The molecule has 2 aromatic heterocycles. The van der Waals surface area contributed by atoms with Crippen LogP contribution in [-0.2, 0) is 4.74 Å². The molecule has 0 saturated carbocycles. The van der Waals surface area contributed by atoms with Gasteiger partial charge in [0.05, 0.1) is 40.1 Å². The molecule has 0 aliphatic carbocycles. The Morgan fingerprint density at radius 3 is 2.20 bits per heavy atom. The lowest BCUT2D eigenvalue weighted by atomic mass is 10.0. The lowest BCUT2D eigenvalue weighted by Gasteiger charge is -2.13. The van der Waals surface area contributed by atoms with Gasteiger partial charge in [0, 0.05) is 23.4 Å². The van der Waals surface area contributed by atoms with Gasteiger partial charge in [0.2, 0.25) is 5.75 Å². The fourth-order valence-electron chi connectivity index (χ4n) is 3.86.